The number of aromatic nitrogens is 2. The quantitative estimate of drug-likeness (QED) is 0.645. The highest BCUT2D eigenvalue weighted by atomic mass is 32.2. The van der Waals surface area contributed by atoms with Gasteiger partial charge in [-0.1, -0.05) is 6.92 Å². The molecule has 0 atom stereocenters. The van der Waals surface area contributed by atoms with E-state index >= 15 is 0 Å². The van der Waals surface area contributed by atoms with Gasteiger partial charge in [0.2, 0.25) is 0 Å². The van der Waals surface area contributed by atoms with Crippen LogP contribution in [0.5, 0.6) is 0 Å². The molecule has 2 heterocycles. The van der Waals surface area contributed by atoms with Gasteiger partial charge in [0.1, 0.15) is 12.1 Å². The van der Waals surface area contributed by atoms with Gasteiger partial charge in [-0.15, -0.1) is 0 Å². The standard InChI is InChI=1S/C12H14N4O3S/c1-3-6-13-10-5-4-9(16(17)18)11(15-10)20-12-14-8(2)7-19-12/h4-5,7H,3,6H2,1-2H3,(H,13,15). The number of anilines is 1. The number of aryl methyl sites for hydroxylation is 1. The maximum absolute atomic E-state index is 11.0. The number of rotatable bonds is 6. The van der Waals surface area contributed by atoms with Crippen molar-refractivity contribution in [3.63, 3.8) is 0 Å². The first-order valence-corrected chi connectivity index (χ1v) is 6.91. The topological polar surface area (TPSA) is 94.1 Å². The van der Waals surface area contributed by atoms with E-state index in [-0.39, 0.29) is 10.7 Å². The van der Waals surface area contributed by atoms with Gasteiger partial charge in [0, 0.05) is 12.6 Å². The van der Waals surface area contributed by atoms with Gasteiger partial charge in [0.05, 0.1) is 10.6 Å². The van der Waals surface area contributed by atoms with E-state index in [2.05, 4.69) is 15.3 Å². The zero-order valence-corrected chi connectivity index (χ0v) is 11.9. The molecule has 0 unspecified atom stereocenters. The van der Waals surface area contributed by atoms with Crippen molar-refractivity contribution < 1.29 is 9.34 Å². The lowest BCUT2D eigenvalue weighted by molar-refractivity contribution is -0.388. The van der Waals surface area contributed by atoms with Crippen LogP contribution in [0, 0.1) is 17.0 Å². The molecule has 0 aliphatic carbocycles. The molecule has 2 aromatic rings. The number of nitrogens with one attached hydrogen (secondary N) is 1. The molecular formula is C12H14N4O3S. The third kappa shape index (κ3) is 3.47. The van der Waals surface area contributed by atoms with E-state index in [9.17, 15) is 10.1 Å². The molecule has 0 bridgehead atoms. The minimum atomic E-state index is -0.464. The average molecular weight is 294 g/mol. The Hall–Kier alpha value is -2.09. The van der Waals surface area contributed by atoms with Crippen molar-refractivity contribution in [1.29, 1.82) is 0 Å². The van der Waals surface area contributed by atoms with Crippen LogP contribution >= 0.6 is 11.8 Å². The molecule has 20 heavy (non-hydrogen) atoms. The minimum Gasteiger partial charge on any atom is -0.439 e. The summed E-state index contributed by atoms with van der Waals surface area (Å²) in [4.78, 5) is 18.9. The van der Waals surface area contributed by atoms with E-state index < -0.39 is 4.92 Å². The Morgan fingerprint density at radius 2 is 2.25 bits per heavy atom. The Kier molecular flexibility index (Phi) is 4.57. The summed E-state index contributed by atoms with van der Waals surface area (Å²) in [5.41, 5.74) is 0.656. The van der Waals surface area contributed by atoms with Gasteiger partial charge in [0.25, 0.3) is 5.22 Å². The maximum atomic E-state index is 11.0. The second-order valence-corrected chi connectivity index (χ2v) is 5.00. The van der Waals surface area contributed by atoms with Gasteiger partial charge in [-0.05, 0) is 31.2 Å². The van der Waals surface area contributed by atoms with E-state index in [1.54, 1.807) is 13.0 Å². The smallest absolute Gasteiger partial charge is 0.302 e. The van der Waals surface area contributed by atoms with Gasteiger partial charge in [0.15, 0.2) is 5.03 Å². The number of hydrogen-bond acceptors (Lipinski definition) is 7. The van der Waals surface area contributed by atoms with E-state index in [1.807, 2.05) is 6.92 Å². The molecular weight excluding hydrogens is 280 g/mol. The van der Waals surface area contributed by atoms with Gasteiger partial charge in [-0.25, -0.2) is 9.97 Å². The van der Waals surface area contributed by atoms with Crippen LogP contribution in [0.3, 0.4) is 0 Å². The van der Waals surface area contributed by atoms with Crippen LogP contribution in [0.2, 0.25) is 0 Å². The number of nitrogens with zero attached hydrogens (tertiary/aromatic N) is 3. The van der Waals surface area contributed by atoms with Crippen molar-refractivity contribution in [2.75, 3.05) is 11.9 Å². The largest absolute Gasteiger partial charge is 0.439 e. The Balaban J connectivity index is 2.28. The molecule has 0 radical (unpaired) electrons. The zero-order chi connectivity index (χ0) is 14.5. The van der Waals surface area contributed by atoms with Crippen molar-refractivity contribution in [1.82, 2.24) is 9.97 Å². The maximum Gasteiger partial charge on any atom is 0.302 e. The monoisotopic (exact) mass is 294 g/mol. The van der Waals surface area contributed by atoms with Crippen LogP contribution in [0.4, 0.5) is 11.5 Å². The molecule has 7 nitrogen and oxygen atoms in total. The van der Waals surface area contributed by atoms with Crippen molar-refractivity contribution >= 4 is 23.3 Å². The Morgan fingerprint density at radius 1 is 1.45 bits per heavy atom. The van der Waals surface area contributed by atoms with Crippen LogP contribution in [0.25, 0.3) is 0 Å². The van der Waals surface area contributed by atoms with Crippen LogP contribution in [-0.4, -0.2) is 21.4 Å². The van der Waals surface area contributed by atoms with Crippen molar-refractivity contribution in [3.8, 4) is 0 Å². The molecule has 106 valence electrons. The van der Waals surface area contributed by atoms with E-state index in [0.29, 0.717) is 11.0 Å². The lowest BCUT2D eigenvalue weighted by Crippen LogP contribution is -2.03. The normalized spacial score (nSPS) is 10.5. The summed E-state index contributed by atoms with van der Waals surface area (Å²) in [6.07, 6.45) is 2.44. The molecule has 0 aliphatic rings. The van der Waals surface area contributed by atoms with E-state index in [4.69, 9.17) is 4.42 Å². The lowest BCUT2D eigenvalue weighted by atomic mass is 10.4. The van der Waals surface area contributed by atoms with Crippen LogP contribution < -0.4 is 5.32 Å². The second kappa shape index (κ2) is 6.38. The van der Waals surface area contributed by atoms with Crippen molar-refractivity contribution in [2.24, 2.45) is 0 Å². The number of pyridine rings is 1. The molecule has 2 rings (SSSR count). The average Bonchev–Trinajstić information content (AvgIpc) is 2.81. The molecule has 0 saturated carbocycles. The first kappa shape index (κ1) is 14.3. The van der Waals surface area contributed by atoms with E-state index in [0.717, 1.165) is 30.4 Å². The summed E-state index contributed by atoms with van der Waals surface area (Å²) in [5, 5.41) is 14.7. The van der Waals surface area contributed by atoms with E-state index in [1.165, 1.54) is 12.3 Å². The van der Waals surface area contributed by atoms with Crippen molar-refractivity contribution in [2.45, 2.75) is 30.5 Å². The number of oxazole rings is 1. The Morgan fingerprint density at radius 3 is 2.85 bits per heavy atom. The van der Waals surface area contributed by atoms with Crippen LogP contribution in [-0.2, 0) is 0 Å². The predicted molar refractivity (Wildman–Crippen MR) is 75.0 cm³/mol. The predicted octanol–water partition coefficient (Wildman–Crippen LogP) is 3.26. The third-order valence-electron chi connectivity index (χ3n) is 2.37. The lowest BCUT2D eigenvalue weighted by Gasteiger charge is -2.05. The molecule has 0 fully saturated rings. The second-order valence-electron chi connectivity index (χ2n) is 4.06. The highest BCUT2D eigenvalue weighted by Crippen LogP contribution is 2.33. The molecule has 0 saturated heterocycles. The Labute approximate surface area is 120 Å². The Bertz CT molecular complexity index is 614. The van der Waals surface area contributed by atoms with Crippen LogP contribution in [0.1, 0.15) is 19.0 Å². The highest BCUT2D eigenvalue weighted by Gasteiger charge is 2.19. The molecule has 1 N–H and O–H groups in total. The first-order valence-electron chi connectivity index (χ1n) is 6.09. The number of nitro groups is 1. The summed E-state index contributed by atoms with van der Waals surface area (Å²) < 4.78 is 5.19. The fraction of sp³-hybridized carbons (Fsp3) is 0.333. The SMILES string of the molecule is CCCNc1ccc([N+](=O)[O-])c(Sc2nc(C)co2)n1. The first-order chi connectivity index (χ1) is 9.60. The summed E-state index contributed by atoms with van der Waals surface area (Å²) in [5.74, 6) is 0.600. The molecule has 0 spiro atoms. The van der Waals surface area contributed by atoms with Gasteiger partial charge in [-0.2, -0.15) is 0 Å². The van der Waals surface area contributed by atoms with Gasteiger partial charge >= 0.3 is 5.69 Å². The minimum absolute atomic E-state index is 0.0621. The van der Waals surface area contributed by atoms with Gasteiger partial charge in [-0.3, -0.25) is 10.1 Å². The number of hydrogen-bond donors (Lipinski definition) is 1. The fourth-order valence-corrected chi connectivity index (χ4v) is 2.30. The summed E-state index contributed by atoms with van der Waals surface area (Å²) in [7, 11) is 0. The third-order valence-corrected chi connectivity index (χ3v) is 3.23. The highest BCUT2D eigenvalue weighted by molar-refractivity contribution is 7.99. The molecule has 8 heteroatoms. The van der Waals surface area contributed by atoms with Gasteiger partial charge < -0.3 is 9.73 Å². The summed E-state index contributed by atoms with van der Waals surface area (Å²) >= 11 is 1.04. The summed E-state index contributed by atoms with van der Waals surface area (Å²) in [6, 6.07) is 3.03. The molecule has 0 aromatic carbocycles. The summed E-state index contributed by atoms with van der Waals surface area (Å²) in [6.45, 7) is 4.57. The molecule has 0 aliphatic heterocycles. The van der Waals surface area contributed by atoms with Crippen LogP contribution in [0.15, 0.2) is 33.1 Å². The molecule has 0 amide bonds. The van der Waals surface area contributed by atoms with Crippen molar-refractivity contribution in [3.05, 3.63) is 34.2 Å². The zero-order valence-electron chi connectivity index (χ0n) is 11.1. The fourth-order valence-electron chi connectivity index (χ4n) is 1.46. The molecule has 2 aromatic heterocycles.